The molecular weight excluding hydrogens is 392 g/mol. The first-order valence-corrected chi connectivity index (χ1v) is 10.9. The van der Waals surface area contributed by atoms with Gasteiger partial charge in [-0.05, 0) is 56.6 Å². The summed E-state index contributed by atoms with van der Waals surface area (Å²) in [5.41, 5.74) is 7.82. The van der Waals surface area contributed by atoms with Gasteiger partial charge < -0.3 is 20.3 Å². The Kier molecular flexibility index (Phi) is 4.69. The summed E-state index contributed by atoms with van der Waals surface area (Å²) in [6.07, 6.45) is 7.17. The summed E-state index contributed by atoms with van der Waals surface area (Å²) in [4.78, 5) is 15.1. The fourth-order valence-corrected chi connectivity index (χ4v) is 4.44. The van der Waals surface area contributed by atoms with E-state index in [1.807, 2.05) is 6.92 Å². The van der Waals surface area contributed by atoms with Crippen molar-refractivity contribution in [3.8, 4) is 11.1 Å². The van der Waals surface area contributed by atoms with Gasteiger partial charge in [0.25, 0.3) is 0 Å². The molecule has 3 aromatic rings. The van der Waals surface area contributed by atoms with Gasteiger partial charge in [-0.25, -0.2) is 9.97 Å². The van der Waals surface area contributed by atoms with Gasteiger partial charge in [0.15, 0.2) is 5.82 Å². The topological polar surface area (TPSA) is 114 Å². The maximum Gasteiger partial charge on any atom is 0.324 e. The summed E-state index contributed by atoms with van der Waals surface area (Å²) < 4.78 is 5.68. The van der Waals surface area contributed by atoms with E-state index in [0.29, 0.717) is 37.9 Å². The van der Waals surface area contributed by atoms with Gasteiger partial charge >= 0.3 is 6.01 Å². The lowest BCUT2D eigenvalue weighted by Gasteiger charge is -2.34. The van der Waals surface area contributed by atoms with E-state index in [4.69, 9.17) is 15.2 Å². The van der Waals surface area contributed by atoms with Crippen molar-refractivity contribution in [2.24, 2.45) is 5.92 Å². The molecule has 8 nitrogen and oxygen atoms in total. The summed E-state index contributed by atoms with van der Waals surface area (Å²) in [6.45, 7) is 5.52. The minimum Gasteiger partial charge on any atom is -0.390 e. The molecule has 2 aliphatic rings. The number of benzene rings is 1. The molecule has 0 bridgehead atoms. The van der Waals surface area contributed by atoms with Gasteiger partial charge in [-0.1, -0.05) is 29.4 Å². The highest BCUT2D eigenvalue weighted by Crippen LogP contribution is 2.50. The fraction of sp³-hybridized carbons (Fsp3) is 0.478. The van der Waals surface area contributed by atoms with Gasteiger partial charge in [0.1, 0.15) is 0 Å². The summed E-state index contributed by atoms with van der Waals surface area (Å²) >= 11 is 0. The second kappa shape index (κ2) is 7.30. The summed E-state index contributed by atoms with van der Waals surface area (Å²) in [7, 11) is 0. The number of aliphatic hydroxyl groups is 1. The monoisotopic (exact) mass is 420 g/mol. The zero-order valence-corrected chi connectivity index (χ0v) is 18.0. The molecule has 1 saturated carbocycles. The van der Waals surface area contributed by atoms with Crippen LogP contribution in [0, 0.1) is 5.92 Å². The minimum atomic E-state index is -0.612. The molecule has 2 fully saturated rings. The van der Waals surface area contributed by atoms with Crippen molar-refractivity contribution in [3.63, 3.8) is 0 Å². The van der Waals surface area contributed by atoms with Crippen molar-refractivity contribution in [3.05, 3.63) is 48.0 Å². The van der Waals surface area contributed by atoms with E-state index >= 15 is 0 Å². The molecule has 1 aliphatic heterocycles. The molecule has 0 spiro atoms. The quantitative estimate of drug-likeness (QED) is 0.647. The highest BCUT2D eigenvalue weighted by Gasteiger charge is 2.47. The maximum absolute atomic E-state index is 10.2. The van der Waals surface area contributed by atoms with Crippen molar-refractivity contribution in [2.75, 3.05) is 23.7 Å². The van der Waals surface area contributed by atoms with E-state index in [-0.39, 0.29) is 11.4 Å². The second-order valence-electron chi connectivity index (χ2n) is 9.27. The standard InChI is InChI=1S/C23H28N6O2/c1-22(30)9-11-29(12-10-22)21-27-19(28-31-21)23(2,18-7-8-18)17-5-3-15(4-6-17)16-13-25-20(24)26-14-16/h3-6,13-14,18,30H,7-12H2,1-2H3,(H2,24,25,26). The van der Waals surface area contributed by atoms with Crippen molar-refractivity contribution in [1.82, 2.24) is 20.1 Å². The van der Waals surface area contributed by atoms with Gasteiger partial charge in [-0.3, -0.25) is 0 Å². The fourth-order valence-electron chi connectivity index (χ4n) is 4.44. The third-order valence-electron chi connectivity index (χ3n) is 6.87. The normalized spacial score (nSPS) is 20.4. The second-order valence-corrected chi connectivity index (χ2v) is 9.27. The Morgan fingerprint density at radius 1 is 1.10 bits per heavy atom. The maximum atomic E-state index is 10.2. The Bertz CT molecular complexity index is 1050. The first-order valence-electron chi connectivity index (χ1n) is 10.9. The minimum absolute atomic E-state index is 0.270. The van der Waals surface area contributed by atoms with Crippen LogP contribution in [0.3, 0.4) is 0 Å². The number of nitrogen functional groups attached to an aromatic ring is 1. The van der Waals surface area contributed by atoms with Crippen LogP contribution in [0.15, 0.2) is 41.2 Å². The Balaban J connectivity index is 1.41. The van der Waals surface area contributed by atoms with Crippen molar-refractivity contribution < 1.29 is 9.63 Å². The van der Waals surface area contributed by atoms with Crippen LogP contribution >= 0.6 is 0 Å². The highest BCUT2D eigenvalue weighted by molar-refractivity contribution is 5.62. The first-order chi connectivity index (χ1) is 14.8. The number of rotatable bonds is 5. The third-order valence-corrected chi connectivity index (χ3v) is 6.87. The Morgan fingerprint density at radius 2 is 1.74 bits per heavy atom. The van der Waals surface area contributed by atoms with Gasteiger partial charge in [-0.2, -0.15) is 4.98 Å². The smallest absolute Gasteiger partial charge is 0.324 e. The average molecular weight is 421 g/mol. The molecule has 1 unspecified atom stereocenters. The van der Waals surface area contributed by atoms with E-state index in [1.54, 1.807) is 12.4 Å². The molecule has 3 heterocycles. The lowest BCUT2D eigenvalue weighted by molar-refractivity contribution is 0.0341. The van der Waals surface area contributed by atoms with Crippen LogP contribution in [0.5, 0.6) is 0 Å². The van der Waals surface area contributed by atoms with E-state index in [0.717, 1.165) is 29.8 Å². The number of nitrogens with two attached hydrogens (primary N) is 1. The number of anilines is 2. The molecule has 3 N–H and O–H groups in total. The Morgan fingerprint density at radius 3 is 2.35 bits per heavy atom. The summed E-state index contributed by atoms with van der Waals surface area (Å²) in [5.74, 6) is 1.49. The van der Waals surface area contributed by atoms with Crippen LogP contribution in [0.25, 0.3) is 11.1 Å². The van der Waals surface area contributed by atoms with Crippen molar-refractivity contribution in [1.29, 1.82) is 0 Å². The lowest BCUT2D eigenvalue weighted by Crippen LogP contribution is -2.42. The van der Waals surface area contributed by atoms with Gasteiger partial charge in [0.05, 0.1) is 11.0 Å². The zero-order valence-electron chi connectivity index (χ0n) is 18.0. The molecular formula is C23H28N6O2. The zero-order chi connectivity index (χ0) is 21.6. The summed E-state index contributed by atoms with van der Waals surface area (Å²) in [6, 6.07) is 8.99. The number of nitrogens with zero attached hydrogens (tertiary/aromatic N) is 5. The molecule has 1 saturated heterocycles. The largest absolute Gasteiger partial charge is 0.390 e. The third kappa shape index (κ3) is 3.76. The van der Waals surface area contributed by atoms with E-state index < -0.39 is 5.60 Å². The number of aromatic nitrogens is 4. The predicted octanol–water partition coefficient (Wildman–Crippen LogP) is 3.18. The van der Waals surface area contributed by atoms with Crippen LogP contribution in [-0.2, 0) is 5.41 Å². The molecule has 162 valence electrons. The van der Waals surface area contributed by atoms with E-state index in [1.165, 1.54) is 5.56 Å². The van der Waals surface area contributed by atoms with E-state index in [9.17, 15) is 5.11 Å². The van der Waals surface area contributed by atoms with Gasteiger partial charge in [-0.15, -0.1) is 0 Å². The van der Waals surface area contributed by atoms with Crippen molar-refractivity contribution >= 4 is 12.0 Å². The van der Waals surface area contributed by atoms with Gasteiger partial charge in [0.2, 0.25) is 5.95 Å². The molecule has 31 heavy (non-hydrogen) atoms. The highest BCUT2D eigenvalue weighted by atomic mass is 16.5. The molecule has 1 atom stereocenters. The Hall–Kier alpha value is -3.00. The molecule has 1 aliphatic carbocycles. The lowest BCUT2D eigenvalue weighted by atomic mass is 9.77. The SMILES string of the molecule is CC1(O)CCN(c2nc(C(C)(c3ccc(-c4cnc(N)nc4)cc3)C3CC3)no2)CC1. The summed E-state index contributed by atoms with van der Waals surface area (Å²) in [5, 5.41) is 14.6. The number of hydrogen-bond donors (Lipinski definition) is 2. The number of piperidine rings is 1. The first kappa shape index (κ1) is 19.9. The predicted molar refractivity (Wildman–Crippen MR) is 117 cm³/mol. The Labute approximate surface area is 181 Å². The van der Waals surface area contributed by atoms with Crippen LogP contribution in [0.2, 0.25) is 0 Å². The van der Waals surface area contributed by atoms with Crippen LogP contribution in [-0.4, -0.2) is 43.9 Å². The van der Waals surface area contributed by atoms with Gasteiger partial charge in [0, 0.05) is 31.0 Å². The molecule has 5 rings (SSSR count). The molecule has 8 heteroatoms. The molecule has 2 aromatic heterocycles. The number of hydrogen-bond acceptors (Lipinski definition) is 8. The average Bonchev–Trinajstić information content (AvgIpc) is 3.51. The van der Waals surface area contributed by atoms with Crippen LogP contribution in [0.4, 0.5) is 12.0 Å². The van der Waals surface area contributed by atoms with Crippen molar-refractivity contribution in [2.45, 2.75) is 50.5 Å². The molecule has 0 amide bonds. The van der Waals surface area contributed by atoms with E-state index in [2.05, 4.69) is 51.2 Å². The van der Waals surface area contributed by atoms with Crippen LogP contribution in [0.1, 0.15) is 50.9 Å². The van der Waals surface area contributed by atoms with Crippen LogP contribution < -0.4 is 10.6 Å². The molecule has 0 radical (unpaired) electrons. The molecule has 1 aromatic carbocycles.